The van der Waals surface area contributed by atoms with Gasteiger partial charge in [0.15, 0.2) is 0 Å². The van der Waals surface area contributed by atoms with Gasteiger partial charge in [-0.1, -0.05) is 30.3 Å². The molecule has 2 amide bonds. The van der Waals surface area contributed by atoms with Crippen molar-refractivity contribution < 1.29 is 38.6 Å². The largest absolute Gasteiger partial charge is 0.496 e. The SMILES string of the molecule is COC(=O)[C@@H](Cc1cc([N+](=O)[O-])ccc1OC)NC(=O)C[C@H](O)CNC(=O)OCc1ccccc1. The quantitative estimate of drug-likeness (QED) is 0.227. The molecule has 2 atom stereocenters. The number of methoxy groups -OCH3 is 2. The van der Waals surface area contributed by atoms with E-state index in [-0.39, 0.29) is 31.0 Å². The van der Waals surface area contributed by atoms with E-state index in [9.17, 15) is 29.6 Å². The van der Waals surface area contributed by atoms with Crippen molar-refractivity contribution in [1.82, 2.24) is 10.6 Å². The molecule has 35 heavy (non-hydrogen) atoms. The summed E-state index contributed by atoms with van der Waals surface area (Å²) in [6.45, 7) is -0.214. The highest BCUT2D eigenvalue weighted by Crippen LogP contribution is 2.25. The average Bonchev–Trinajstić information content (AvgIpc) is 2.85. The number of hydrogen-bond donors (Lipinski definition) is 3. The molecule has 0 spiro atoms. The van der Waals surface area contributed by atoms with Crippen LogP contribution in [0.2, 0.25) is 0 Å². The molecule has 2 rings (SSSR count). The Morgan fingerprint density at radius 3 is 2.46 bits per heavy atom. The molecule has 12 nitrogen and oxygen atoms in total. The third kappa shape index (κ3) is 8.93. The van der Waals surface area contributed by atoms with Gasteiger partial charge >= 0.3 is 12.1 Å². The Kier molecular flexibility index (Phi) is 10.4. The summed E-state index contributed by atoms with van der Waals surface area (Å²) in [6.07, 6.45) is -2.61. The number of aliphatic hydroxyl groups is 1. The van der Waals surface area contributed by atoms with Crippen LogP contribution in [0.3, 0.4) is 0 Å². The first-order chi connectivity index (χ1) is 16.7. The topological polar surface area (TPSA) is 166 Å². The average molecular weight is 489 g/mol. The van der Waals surface area contributed by atoms with E-state index in [1.54, 1.807) is 24.3 Å². The van der Waals surface area contributed by atoms with Crippen molar-refractivity contribution in [1.29, 1.82) is 0 Å². The van der Waals surface area contributed by atoms with Gasteiger partial charge in [0.05, 0.1) is 31.7 Å². The Morgan fingerprint density at radius 2 is 1.83 bits per heavy atom. The summed E-state index contributed by atoms with van der Waals surface area (Å²) in [6, 6.07) is 11.7. The van der Waals surface area contributed by atoms with Crippen LogP contribution in [-0.4, -0.2) is 60.9 Å². The van der Waals surface area contributed by atoms with Gasteiger partial charge in [-0.15, -0.1) is 0 Å². The first-order valence-corrected chi connectivity index (χ1v) is 10.5. The van der Waals surface area contributed by atoms with Crippen LogP contribution in [0.1, 0.15) is 17.5 Å². The van der Waals surface area contributed by atoms with Gasteiger partial charge in [-0.25, -0.2) is 9.59 Å². The van der Waals surface area contributed by atoms with Gasteiger partial charge in [0.25, 0.3) is 5.69 Å². The fraction of sp³-hybridized carbons (Fsp3) is 0.348. The number of alkyl carbamates (subject to hydrolysis) is 1. The first-order valence-electron chi connectivity index (χ1n) is 10.5. The van der Waals surface area contributed by atoms with E-state index in [0.717, 1.165) is 12.7 Å². The zero-order chi connectivity index (χ0) is 25.8. The maximum absolute atomic E-state index is 12.4. The number of benzene rings is 2. The van der Waals surface area contributed by atoms with Crippen LogP contribution in [0.5, 0.6) is 5.75 Å². The van der Waals surface area contributed by atoms with E-state index in [1.165, 1.54) is 25.3 Å². The number of non-ortho nitro benzene ring substituents is 1. The number of aliphatic hydroxyl groups excluding tert-OH is 1. The molecule has 0 fully saturated rings. The van der Waals surface area contributed by atoms with Crippen molar-refractivity contribution in [3.05, 3.63) is 69.8 Å². The van der Waals surface area contributed by atoms with Gasteiger partial charge in [0.1, 0.15) is 18.4 Å². The van der Waals surface area contributed by atoms with E-state index in [1.807, 2.05) is 6.07 Å². The Labute approximate surface area is 201 Å². The minimum Gasteiger partial charge on any atom is -0.496 e. The number of carbonyl (C=O) groups is 3. The Bertz CT molecular complexity index is 1030. The molecule has 0 heterocycles. The molecular formula is C23H27N3O9. The molecule has 0 radical (unpaired) electrons. The molecule has 2 aromatic carbocycles. The maximum Gasteiger partial charge on any atom is 0.407 e. The lowest BCUT2D eigenvalue weighted by atomic mass is 10.0. The third-order valence-corrected chi connectivity index (χ3v) is 4.84. The molecule has 2 aromatic rings. The van der Waals surface area contributed by atoms with Gasteiger partial charge in [0.2, 0.25) is 5.91 Å². The number of nitrogens with zero attached hydrogens (tertiary/aromatic N) is 1. The second-order valence-electron chi connectivity index (χ2n) is 7.40. The van der Waals surface area contributed by atoms with Crippen molar-refractivity contribution in [3.8, 4) is 5.75 Å². The zero-order valence-corrected chi connectivity index (χ0v) is 19.3. The number of nitro groups is 1. The van der Waals surface area contributed by atoms with Crippen LogP contribution in [0, 0.1) is 10.1 Å². The summed E-state index contributed by atoms with van der Waals surface area (Å²) >= 11 is 0. The zero-order valence-electron chi connectivity index (χ0n) is 19.3. The minimum absolute atomic E-state index is 0.0468. The van der Waals surface area contributed by atoms with Crippen molar-refractivity contribution >= 4 is 23.7 Å². The molecule has 3 N–H and O–H groups in total. The number of nitro benzene ring substituents is 1. The lowest BCUT2D eigenvalue weighted by Gasteiger charge is -2.19. The second kappa shape index (κ2) is 13.5. The fourth-order valence-corrected chi connectivity index (χ4v) is 3.11. The Morgan fingerprint density at radius 1 is 1.11 bits per heavy atom. The summed E-state index contributed by atoms with van der Waals surface area (Å²) < 4.78 is 14.9. The lowest BCUT2D eigenvalue weighted by molar-refractivity contribution is -0.384. The molecule has 0 aromatic heterocycles. The smallest absolute Gasteiger partial charge is 0.407 e. The minimum atomic E-state index is -1.26. The van der Waals surface area contributed by atoms with E-state index < -0.39 is 41.5 Å². The van der Waals surface area contributed by atoms with Gasteiger partial charge in [0, 0.05) is 30.7 Å². The highest BCUT2D eigenvalue weighted by molar-refractivity contribution is 5.85. The molecule has 0 saturated heterocycles. The molecule has 0 bridgehead atoms. The van der Waals surface area contributed by atoms with E-state index in [0.29, 0.717) is 5.56 Å². The molecule has 0 unspecified atom stereocenters. The number of amides is 2. The normalized spacial score (nSPS) is 12.1. The number of rotatable bonds is 12. The number of nitrogens with one attached hydrogen (secondary N) is 2. The molecule has 12 heteroatoms. The van der Waals surface area contributed by atoms with E-state index >= 15 is 0 Å². The second-order valence-corrected chi connectivity index (χ2v) is 7.40. The van der Waals surface area contributed by atoms with Crippen LogP contribution in [-0.2, 0) is 32.1 Å². The molecule has 0 aliphatic heterocycles. The molecule has 0 saturated carbocycles. The summed E-state index contributed by atoms with van der Waals surface area (Å²) in [5.41, 5.74) is 0.883. The summed E-state index contributed by atoms with van der Waals surface area (Å²) in [7, 11) is 2.50. The predicted octanol–water partition coefficient (Wildman–Crippen LogP) is 1.48. The highest BCUT2D eigenvalue weighted by Gasteiger charge is 2.25. The molecule has 0 aliphatic carbocycles. The lowest BCUT2D eigenvalue weighted by Crippen LogP contribution is -2.45. The van der Waals surface area contributed by atoms with E-state index in [4.69, 9.17) is 14.2 Å². The molecule has 0 aliphatic rings. The number of ether oxygens (including phenoxy) is 3. The van der Waals surface area contributed by atoms with Crippen molar-refractivity contribution in [2.45, 2.75) is 31.6 Å². The summed E-state index contributed by atoms with van der Waals surface area (Å²) in [4.78, 5) is 46.9. The maximum atomic E-state index is 12.4. The standard InChI is InChI=1S/C23H27N3O9/c1-33-20-9-8-17(26(31)32)10-16(20)11-19(22(29)34-2)25-21(28)12-18(27)13-24-23(30)35-14-15-6-4-3-5-7-15/h3-10,18-19,27H,11-14H2,1-2H3,(H,24,30)(H,25,28)/t18-,19+/m0/s1. The first kappa shape index (κ1) is 27.1. The highest BCUT2D eigenvalue weighted by atomic mass is 16.6. The Hall–Kier alpha value is -4.19. The van der Waals surface area contributed by atoms with E-state index in [2.05, 4.69) is 10.6 Å². The van der Waals surface area contributed by atoms with Gasteiger partial charge in [-0.3, -0.25) is 14.9 Å². The fourth-order valence-electron chi connectivity index (χ4n) is 3.11. The predicted molar refractivity (Wildman–Crippen MR) is 123 cm³/mol. The van der Waals surface area contributed by atoms with Crippen molar-refractivity contribution in [2.24, 2.45) is 0 Å². The summed E-state index contributed by atoms with van der Waals surface area (Å²) in [5, 5.41) is 26.0. The van der Waals surface area contributed by atoms with Gasteiger partial charge < -0.3 is 30.0 Å². The van der Waals surface area contributed by atoms with Crippen LogP contribution < -0.4 is 15.4 Å². The molecular weight excluding hydrogens is 462 g/mol. The Balaban J connectivity index is 1.90. The molecule has 188 valence electrons. The van der Waals surface area contributed by atoms with Crippen molar-refractivity contribution in [2.75, 3.05) is 20.8 Å². The number of hydrogen-bond acceptors (Lipinski definition) is 9. The van der Waals surface area contributed by atoms with Gasteiger partial charge in [-0.2, -0.15) is 0 Å². The third-order valence-electron chi connectivity index (χ3n) is 4.84. The number of esters is 1. The van der Waals surface area contributed by atoms with Crippen LogP contribution in [0.4, 0.5) is 10.5 Å². The number of carbonyl (C=O) groups excluding carboxylic acids is 3. The van der Waals surface area contributed by atoms with Crippen LogP contribution >= 0.6 is 0 Å². The van der Waals surface area contributed by atoms with Gasteiger partial charge in [-0.05, 0) is 11.6 Å². The monoisotopic (exact) mass is 489 g/mol. The van der Waals surface area contributed by atoms with Crippen LogP contribution in [0.25, 0.3) is 0 Å². The van der Waals surface area contributed by atoms with Crippen molar-refractivity contribution in [3.63, 3.8) is 0 Å². The summed E-state index contributed by atoms with van der Waals surface area (Å²) in [5.74, 6) is -1.20. The van der Waals surface area contributed by atoms with Crippen LogP contribution in [0.15, 0.2) is 48.5 Å².